The Morgan fingerprint density at radius 1 is 0.771 bits per heavy atom. The third kappa shape index (κ3) is 5.55. The van der Waals surface area contributed by atoms with Gasteiger partial charge < -0.3 is 19.9 Å². The van der Waals surface area contributed by atoms with Crippen molar-refractivity contribution in [1.29, 1.82) is 0 Å². The molecule has 0 atom stereocenters. The average molecular weight is 467 g/mol. The van der Waals surface area contributed by atoms with E-state index in [1.54, 1.807) is 0 Å². The largest absolute Gasteiger partial charge is 0.457 e. The number of carbonyl (C=O) groups is 1. The highest BCUT2D eigenvalue weighted by Crippen LogP contribution is 2.22. The number of aromatic nitrogens is 3. The molecule has 1 aliphatic heterocycles. The second-order valence-electron chi connectivity index (χ2n) is 8.28. The number of rotatable bonds is 6. The smallest absolute Gasteiger partial charge is 0.253 e. The molecule has 5 rings (SSSR count). The van der Waals surface area contributed by atoms with Crippen LogP contribution in [-0.4, -0.2) is 52.2 Å². The topological polar surface area (TPSA) is 83.5 Å². The Bertz CT molecular complexity index is 1270. The van der Waals surface area contributed by atoms with E-state index < -0.39 is 0 Å². The Morgan fingerprint density at radius 2 is 1.51 bits per heavy atom. The molecule has 3 heterocycles. The van der Waals surface area contributed by atoms with Crippen molar-refractivity contribution in [2.45, 2.75) is 6.92 Å². The number of para-hydroxylation sites is 1. The van der Waals surface area contributed by atoms with Crippen LogP contribution in [0.25, 0.3) is 0 Å². The van der Waals surface area contributed by atoms with Gasteiger partial charge in [-0.15, -0.1) is 10.2 Å². The summed E-state index contributed by atoms with van der Waals surface area (Å²) < 4.78 is 5.82. The molecule has 0 saturated carbocycles. The van der Waals surface area contributed by atoms with Crippen molar-refractivity contribution in [2.75, 3.05) is 36.4 Å². The number of benzene rings is 2. The lowest BCUT2D eigenvalue weighted by molar-refractivity contribution is 0.0746. The summed E-state index contributed by atoms with van der Waals surface area (Å²) >= 11 is 0. The van der Waals surface area contributed by atoms with Crippen molar-refractivity contribution in [3.05, 3.63) is 96.2 Å². The number of hydrogen-bond donors (Lipinski definition) is 1. The minimum absolute atomic E-state index is 0.0206. The zero-order valence-electron chi connectivity index (χ0n) is 19.5. The molecule has 1 amide bonds. The molecular formula is C27H26N6O2. The van der Waals surface area contributed by atoms with Gasteiger partial charge >= 0.3 is 0 Å². The molecule has 4 aromatic rings. The first kappa shape index (κ1) is 22.3. The van der Waals surface area contributed by atoms with Crippen LogP contribution >= 0.6 is 0 Å². The molecular weight excluding hydrogens is 440 g/mol. The molecule has 0 aliphatic carbocycles. The number of hydrogen-bond acceptors (Lipinski definition) is 7. The zero-order chi connectivity index (χ0) is 24.0. The first-order valence-corrected chi connectivity index (χ1v) is 11.6. The Morgan fingerprint density at radius 3 is 2.20 bits per heavy atom. The average Bonchev–Trinajstić information content (AvgIpc) is 2.90. The summed E-state index contributed by atoms with van der Waals surface area (Å²) in [6.45, 7) is 4.58. The molecule has 2 aromatic heterocycles. The molecule has 1 aliphatic rings. The number of pyridine rings is 1. The molecule has 0 bridgehead atoms. The van der Waals surface area contributed by atoms with Gasteiger partial charge in [-0.2, -0.15) is 0 Å². The van der Waals surface area contributed by atoms with Crippen LogP contribution in [0.3, 0.4) is 0 Å². The van der Waals surface area contributed by atoms with Gasteiger partial charge in [0.1, 0.15) is 17.3 Å². The summed E-state index contributed by atoms with van der Waals surface area (Å²) in [5.74, 6) is 3.65. The SMILES string of the molecule is Cc1cccc(Nc2ccc(N3CCN(C(=O)c4ccc(Oc5ccccc5)cc4)CC3)nn2)n1. The number of carbonyl (C=O) groups excluding carboxylic acids is 1. The van der Waals surface area contributed by atoms with Crippen molar-refractivity contribution >= 4 is 23.4 Å². The van der Waals surface area contributed by atoms with E-state index in [2.05, 4.69) is 25.4 Å². The second-order valence-corrected chi connectivity index (χ2v) is 8.28. The fourth-order valence-electron chi connectivity index (χ4n) is 3.92. The van der Waals surface area contributed by atoms with Crippen LogP contribution in [0.15, 0.2) is 84.9 Å². The van der Waals surface area contributed by atoms with Crippen LogP contribution in [0.1, 0.15) is 16.1 Å². The number of amides is 1. The molecule has 8 heteroatoms. The number of nitrogens with zero attached hydrogens (tertiary/aromatic N) is 5. The Hall–Kier alpha value is -4.46. The standard InChI is InChI=1S/C27H26N6O2/c1-20-6-5-9-24(28-20)29-25-14-15-26(31-30-25)32-16-18-33(19-17-32)27(34)21-10-12-23(13-11-21)35-22-7-3-2-4-8-22/h2-15H,16-19H2,1H3,(H,28,29,30). The maximum atomic E-state index is 13.0. The highest BCUT2D eigenvalue weighted by atomic mass is 16.5. The zero-order valence-corrected chi connectivity index (χ0v) is 19.5. The van der Waals surface area contributed by atoms with Gasteiger partial charge in [-0.1, -0.05) is 24.3 Å². The minimum atomic E-state index is 0.0206. The molecule has 8 nitrogen and oxygen atoms in total. The number of anilines is 3. The lowest BCUT2D eigenvalue weighted by Gasteiger charge is -2.35. The van der Waals surface area contributed by atoms with Gasteiger partial charge in [0.25, 0.3) is 5.91 Å². The summed E-state index contributed by atoms with van der Waals surface area (Å²) in [5, 5.41) is 11.8. The predicted molar refractivity (Wildman–Crippen MR) is 135 cm³/mol. The van der Waals surface area contributed by atoms with Crippen molar-refractivity contribution in [3.8, 4) is 11.5 Å². The fraction of sp³-hybridized carbons (Fsp3) is 0.185. The normalized spacial score (nSPS) is 13.4. The summed E-state index contributed by atoms with van der Waals surface area (Å²) in [5.41, 5.74) is 1.59. The lowest BCUT2D eigenvalue weighted by Crippen LogP contribution is -2.49. The van der Waals surface area contributed by atoms with E-state index in [-0.39, 0.29) is 5.91 Å². The number of ether oxygens (including phenoxy) is 1. The van der Waals surface area contributed by atoms with Gasteiger partial charge in [0.15, 0.2) is 11.6 Å². The predicted octanol–water partition coefficient (Wildman–Crippen LogP) is 4.68. The Balaban J connectivity index is 1.14. The third-order valence-corrected chi connectivity index (χ3v) is 5.77. The molecule has 0 unspecified atom stereocenters. The van der Waals surface area contributed by atoms with Crippen LogP contribution in [0.2, 0.25) is 0 Å². The van der Waals surface area contributed by atoms with Gasteiger partial charge in [-0.3, -0.25) is 4.79 Å². The third-order valence-electron chi connectivity index (χ3n) is 5.77. The molecule has 1 saturated heterocycles. The van der Waals surface area contributed by atoms with Crippen LogP contribution in [0.4, 0.5) is 17.5 Å². The first-order valence-electron chi connectivity index (χ1n) is 11.6. The Kier molecular flexibility index (Phi) is 6.52. The van der Waals surface area contributed by atoms with Crippen LogP contribution in [0.5, 0.6) is 11.5 Å². The van der Waals surface area contributed by atoms with E-state index in [9.17, 15) is 4.79 Å². The van der Waals surface area contributed by atoms with Gasteiger partial charge in [-0.05, 0) is 67.6 Å². The maximum absolute atomic E-state index is 13.0. The molecule has 1 fully saturated rings. The molecule has 0 radical (unpaired) electrons. The number of nitrogens with one attached hydrogen (secondary N) is 1. The van der Waals surface area contributed by atoms with E-state index in [0.717, 1.165) is 23.1 Å². The number of aryl methyl sites for hydroxylation is 1. The van der Waals surface area contributed by atoms with Crippen molar-refractivity contribution in [2.24, 2.45) is 0 Å². The van der Waals surface area contributed by atoms with Gasteiger partial charge in [-0.25, -0.2) is 4.98 Å². The van der Waals surface area contributed by atoms with Gasteiger partial charge in [0.2, 0.25) is 0 Å². The van der Waals surface area contributed by atoms with E-state index >= 15 is 0 Å². The van der Waals surface area contributed by atoms with Gasteiger partial charge in [0, 0.05) is 37.4 Å². The molecule has 1 N–H and O–H groups in total. The number of piperazine rings is 1. The molecule has 2 aromatic carbocycles. The molecule has 35 heavy (non-hydrogen) atoms. The van der Waals surface area contributed by atoms with Crippen LogP contribution in [0, 0.1) is 6.92 Å². The summed E-state index contributed by atoms with van der Waals surface area (Å²) in [6.07, 6.45) is 0. The van der Waals surface area contributed by atoms with E-state index in [1.165, 1.54) is 0 Å². The van der Waals surface area contributed by atoms with Crippen molar-refractivity contribution < 1.29 is 9.53 Å². The van der Waals surface area contributed by atoms with E-state index in [0.29, 0.717) is 43.3 Å². The summed E-state index contributed by atoms with van der Waals surface area (Å²) in [7, 11) is 0. The lowest BCUT2D eigenvalue weighted by atomic mass is 10.1. The highest BCUT2D eigenvalue weighted by Gasteiger charge is 2.23. The molecule has 0 spiro atoms. The summed E-state index contributed by atoms with van der Waals surface area (Å²) in [6, 6.07) is 26.5. The van der Waals surface area contributed by atoms with Crippen molar-refractivity contribution in [3.63, 3.8) is 0 Å². The quantitative estimate of drug-likeness (QED) is 0.442. The Labute approximate surface area is 204 Å². The second kappa shape index (κ2) is 10.2. The van der Waals surface area contributed by atoms with E-state index in [4.69, 9.17) is 4.74 Å². The van der Waals surface area contributed by atoms with E-state index in [1.807, 2.05) is 96.8 Å². The summed E-state index contributed by atoms with van der Waals surface area (Å²) in [4.78, 5) is 21.4. The van der Waals surface area contributed by atoms with Crippen molar-refractivity contribution in [1.82, 2.24) is 20.1 Å². The maximum Gasteiger partial charge on any atom is 0.253 e. The molecule has 176 valence electrons. The highest BCUT2D eigenvalue weighted by molar-refractivity contribution is 5.94. The van der Waals surface area contributed by atoms with Crippen LogP contribution in [-0.2, 0) is 0 Å². The van der Waals surface area contributed by atoms with Crippen LogP contribution < -0.4 is 15.0 Å². The monoisotopic (exact) mass is 466 g/mol. The minimum Gasteiger partial charge on any atom is -0.457 e. The fourth-order valence-corrected chi connectivity index (χ4v) is 3.92. The van der Waals surface area contributed by atoms with Gasteiger partial charge in [0.05, 0.1) is 0 Å². The first-order chi connectivity index (χ1) is 17.1.